The third-order valence-corrected chi connectivity index (χ3v) is 5.94. The maximum atomic E-state index is 12.9. The highest BCUT2D eigenvalue weighted by atomic mass is 19.4. The number of carbonyl (C=O) groups excluding carboxylic acids is 2. The molecule has 1 fully saturated rings. The average Bonchev–Trinajstić information content (AvgIpc) is 3.30. The molecule has 31 heavy (non-hydrogen) atoms. The first-order valence-corrected chi connectivity index (χ1v) is 10.4. The summed E-state index contributed by atoms with van der Waals surface area (Å²) in [6.45, 7) is 4.18. The van der Waals surface area contributed by atoms with E-state index in [9.17, 15) is 22.8 Å². The number of alkyl halides is 3. The third kappa shape index (κ3) is 4.52. The van der Waals surface area contributed by atoms with E-state index in [2.05, 4.69) is 17.1 Å². The molecule has 2 aromatic carbocycles. The van der Waals surface area contributed by atoms with Gasteiger partial charge in [0.15, 0.2) is 0 Å². The molecule has 2 aliphatic rings. The van der Waals surface area contributed by atoms with Gasteiger partial charge in [-0.15, -0.1) is 0 Å². The van der Waals surface area contributed by atoms with E-state index in [1.165, 1.54) is 16.5 Å². The van der Waals surface area contributed by atoms with Gasteiger partial charge >= 0.3 is 6.18 Å². The minimum absolute atomic E-state index is 0.0524. The Balaban J connectivity index is 1.40. The lowest BCUT2D eigenvalue weighted by molar-refractivity contribution is -0.137. The predicted octanol–water partition coefficient (Wildman–Crippen LogP) is 4.08. The number of fused-ring (bicyclic) bond motifs is 1. The Hall–Kier alpha value is -3.03. The quantitative estimate of drug-likeness (QED) is 0.777. The van der Waals surface area contributed by atoms with Gasteiger partial charge < -0.3 is 15.1 Å². The molecule has 2 aromatic rings. The van der Waals surface area contributed by atoms with Gasteiger partial charge in [-0.2, -0.15) is 13.2 Å². The zero-order valence-electron chi connectivity index (χ0n) is 17.2. The molecule has 8 heteroatoms. The summed E-state index contributed by atoms with van der Waals surface area (Å²) >= 11 is 0. The summed E-state index contributed by atoms with van der Waals surface area (Å²) in [6, 6.07) is 10.8. The summed E-state index contributed by atoms with van der Waals surface area (Å²) < 4.78 is 38.8. The Morgan fingerprint density at radius 3 is 2.71 bits per heavy atom. The number of hydrogen-bond acceptors (Lipinski definition) is 3. The number of benzene rings is 2. The van der Waals surface area contributed by atoms with E-state index < -0.39 is 17.7 Å². The van der Waals surface area contributed by atoms with Crippen molar-refractivity contribution < 1.29 is 22.8 Å². The number of likely N-dealkylation sites (N-methyl/N-ethyl adjacent to an activating group) is 1. The molecular formula is C23H24F3N3O2. The van der Waals surface area contributed by atoms with Crippen LogP contribution in [0.4, 0.5) is 24.5 Å². The predicted molar refractivity (Wildman–Crippen MR) is 112 cm³/mol. The van der Waals surface area contributed by atoms with Crippen LogP contribution < -0.4 is 10.2 Å². The molecule has 1 N–H and O–H groups in total. The smallest absolute Gasteiger partial charge is 0.371 e. The largest absolute Gasteiger partial charge is 0.416 e. The van der Waals surface area contributed by atoms with Crippen LogP contribution in [0.25, 0.3) is 0 Å². The summed E-state index contributed by atoms with van der Waals surface area (Å²) in [5.74, 6) is -1.02. The van der Waals surface area contributed by atoms with Crippen LogP contribution in [0.15, 0.2) is 42.5 Å². The number of carbonyl (C=O) groups is 2. The number of anilines is 2. The van der Waals surface area contributed by atoms with E-state index >= 15 is 0 Å². The summed E-state index contributed by atoms with van der Waals surface area (Å²) in [6.07, 6.45) is -3.40. The Labute approximate surface area is 178 Å². The van der Waals surface area contributed by atoms with Crippen LogP contribution in [0.3, 0.4) is 0 Å². The number of nitrogens with zero attached hydrogens (tertiary/aromatic N) is 2. The zero-order chi connectivity index (χ0) is 22.2. The normalized spacial score (nSPS) is 18.5. The summed E-state index contributed by atoms with van der Waals surface area (Å²) in [4.78, 5) is 28.8. The molecule has 0 aromatic heterocycles. The van der Waals surface area contributed by atoms with Gasteiger partial charge in [0.2, 0.25) is 11.8 Å². The molecule has 0 bridgehead atoms. The van der Waals surface area contributed by atoms with E-state index in [0.717, 1.165) is 37.3 Å². The van der Waals surface area contributed by atoms with Crippen molar-refractivity contribution in [2.75, 3.05) is 29.9 Å². The van der Waals surface area contributed by atoms with Gasteiger partial charge in [-0.1, -0.05) is 18.2 Å². The van der Waals surface area contributed by atoms with Crippen molar-refractivity contribution in [2.24, 2.45) is 5.92 Å². The highest BCUT2D eigenvalue weighted by Gasteiger charge is 2.35. The van der Waals surface area contributed by atoms with Crippen molar-refractivity contribution in [3.05, 3.63) is 59.2 Å². The maximum Gasteiger partial charge on any atom is 0.416 e. The van der Waals surface area contributed by atoms with Crippen molar-refractivity contribution in [2.45, 2.75) is 32.5 Å². The number of likely N-dealkylation sites (tertiary alicyclic amines) is 1. The fourth-order valence-corrected chi connectivity index (χ4v) is 4.26. The molecule has 0 radical (unpaired) electrons. The highest BCUT2D eigenvalue weighted by Crippen LogP contribution is 2.32. The van der Waals surface area contributed by atoms with Gasteiger partial charge in [0, 0.05) is 44.0 Å². The Morgan fingerprint density at radius 2 is 1.97 bits per heavy atom. The van der Waals surface area contributed by atoms with Crippen molar-refractivity contribution in [3.63, 3.8) is 0 Å². The molecular weight excluding hydrogens is 407 g/mol. The Morgan fingerprint density at radius 1 is 1.16 bits per heavy atom. The molecule has 5 nitrogen and oxygen atoms in total. The lowest BCUT2D eigenvalue weighted by atomic mass is 10.1. The number of hydrogen-bond donors (Lipinski definition) is 1. The van der Waals surface area contributed by atoms with E-state index in [1.807, 2.05) is 18.2 Å². The van der Waals surface area contributed by atoms with E-state index in [0.29, 0.717) is 11.3 Å². The van der Waals surface area contributed by atoms with Crippen LogP contribution >= 0.6 is 0 Å². The molecule has 0 aliphatic carbocycles. The van der Waals surface area contributed by atoms with Crippen molar-refractivity contribution in [1.29, 1.82) is 0 Å². The Kier molecular flexibility index (Phi) is 5.64. The van der Waals surface area contributed by atoms with Crippen LogP contribution in [-0.4, -0.2) is 36.3 Å². The van der Waals surface area contributed by atoms with Crippen molar-refractivity contribution in [1.82, 2.24) is 4.90 Å². The van der Waals surface area contributed by atoms with Crippen LogP contribution in [0.5, 0.6) is 0 Å². The second-order valence-electron chi connectivity index (χ2n) is 8.04. The second-order valence-corrected chi connectivity index (χ2v) is 8.04. The number of rotatable bonds is 5. The molecule has 1 unspecified atom stereocenters. The van der Waals surface area contributed by atoms with Gasteiger partial charge in [-0.05, 0) is 48.7 Å². The third-order valence-electron chi connectivity index (χ3n) is 5.94. The molecule has 2 amide bonds. The average molecular weight is 431 g/mol. The van der Waals surface area contributed by atoms with Crippen LogP contribution in [0, 0.1) is 5.92 Å². The van der Waals surface area contributed by atoms with Crippen LogP contribution in [-0.2, 0) is 28.7 Å². The molecule has 0 saturated carbocycles. The molecule has 164 valence electrons. The Bertz CT molecular complexity index is 1010. The number of halogens is 3. The molecule has 4 rings (SSSR count). The monoisotopic (exact) mass is 431 g/mol. The van der Waals surface area contributed by atoms with E-state index in [-0.39, 0.29) is 31.3 Å². The van der Waals surface area contributed by atoms with Gasteiger partial charge in [0.25, 0.3) is 0 Å². The lowest BCUT2D eigenvalue weighted by Crippen LogP contribution is -2.28. The number of nitrogens with one attached hydrogen (secondary N) is 1. The molecule has 0 spiro atoms. The maximum absolute atomic E-state index is 12.9. The van der Waals surface area contributed by atoms with Crippen molar-refractivity contribution in [3.8, 4) is 0 Å². The van der Waals surface area contributed by atoms with Gasteiger partial charge in [0.05, 0.1) is 11.5 Å². The van der Waals surface area contributed by atoms with Crippen LogP contribution in [0.1, 0.15) is 30.0 Å². The second kappa shape index (κ2) is 8.24. The zero-order valence-corrected chi connectivity index (χ0v) is 17.2. The fraction of sp³-hybridized carbons (Fsp3) is 0.391. The SMILES string of the molecule is CCN1CCc2ccc(NC(=O)C3CC(=O)N(Cc4cccc(C(F)(F)F)c4)C3)cc21. The number of amides is 2. The topological polar surface area (TPSA) is 52.7 Å². The molecule has 1 saturated heterocycles. The summed E-state index contributed by atoms with van der Waals surface area (Å²) in [5, 5.41) is 2.90. The molecule has 2 aliphatic heterocycles. The molecule has 2 heterocycles. The summed E-state index contributed by atoms with van der Waals surface area (Å²) in [7, 11) is 0. The highest BCUT2D eigenvalue weighted by molar-refractivity contribution is 5.97. The van der Waals surface area contributed by atoms with Gasteiger partial charge in [0.1, 0.15) is 0 Å². The van der Waals surface area contributed by atoms with E-state index in [4.69, 9.17) is 0 Å². The standard InChI is InChI=1S/C23H24F3N3O2/c1-2-28-9-8-16-6-7-19(12-20(16)28)27-22(31)17-11-21(30)29(14-17)13-15-4-3-5-18(10-15)23(24,25)26/h3-7,10,12,17H,2,8-9,11,13-14H2,1H3,(H,27,31). The first-order chi connectivity index (χ1) is 14.7. The van der Waals surface area contributed by atoms with E-state index in [1.54, 1.807) is 6.07 Å². The molecule has 1 atom stereocenters. The van der Waals surface area contributed by atoms with Crippen LogP contribution in [0.2, 0.25) is 0 Å². The lowest BCUT2D eigenvalue weighted by Gasteiger charge is -2.19. The fourth-order valence-electron chi connectivity index (χ4n) is 4.26. The van der Waals surface area contributed by atoms with Gasteiger partial charge in [-0.3, -0.25) is 9.59 Å². The van der Waals surface area contributed by atoms with Gasteiger partial charge in [-0.25, -0.2) is 0 Å². The minimum Gasteiger partial charge on any atom is -0.371 e. The minimum atomic E-state index is -4.43. The summed E-state index contributed by atoms with van der Waals surface area (Å²) in [5.41, 5.74) is 2.70. The first-order valence-electron chi connectivity index (χ1n) is 10.4. The van der Waals surface area contributed by atoms with Crippen molar-refractivity contribution >= 4 is 23.2 Å². The first kappa shape index (κ1) is 21.2.